The summed E-state index contributed by atoms with van der Waals surface area (Å²) in [4.78, 5) is 18.4. The lowest BCUT2D eigenvalue weighted by Gasteiger charge is -2.29. The van der Waals surface area contributed by atoms with Crippen LogP contribution in [0.1, 0.15) is 29.9 Å². The van der Waals surface area contributed by atoms with Crippen molar-refractivity contribution in [3.05, 3.63) is 35.7 Å². The Morgan fingerprint density at radius 1 is 1.53 bits per heavy atom. The number of nitrogens with zero attached hydrogens (tertiary/aromatic N) is 4. The Kier molecular flexibility index (Phi) is 2.85. The highest BCUT2D eigenvalue weighted by molar-refractivity contribution is 5.80. The molecule has 0 saturated heterocycles. The second kappa shape index (κ2) is 4.53. The number of imidazole rings is 1. The minimum atomic E-state index is -0.212. The van der Waals surface area contributed by atoms with E-state index < -0.39 is 0 Å². The van der Waals surface area contributed by atoms with Crippen molar-refractivity contribution in [1.82, 2.24) is 24.6 Å². The highest BCUT2D eigenvalue weighted by Gasteiger charge is 2.27. The van der Waals surface area contributed by atoms with E-state index in [1.54, 1.807) is 12.5 Å². The van der Waals surface area contributed by atoms with Gasteiger partial charge in [0.05, 0.1) is 12.0 Å². The third-order valence-electron chi connectivity index (χ3n) is 3.77. The van der Waals surface area contributed by atoms with Gasteiger partial charge in [-0.1, -0.05) is 0 Å². The number of aryl methyl sites for hydroxylation is 1. The quantitative estimate of drug-likeness (QED) is 0.877. The van der Waals surface area contributed by atoms with E-state index in [4.69, 9.17) is 0 Å². The van der Waals surface area contributed by atoms with Gasteiger partial charge in [-0.05, 0) is 13.8 Å². The van der Waals surface area contributed by atoms with Crippen LogP contribution in [0.3, 0.4) is 0 Å². The largest absolute Gasteiger partial charge is 0.336 e. The predicted octanol–water partition coefficient (Wildman–Crippen LogP) is 1.06. The van der Waals surface area contributed by atoms with Crippen LogP contribution in [0.5, 0.6) is 0 Å². The Morgan fingerprint density at radius 2 is 2.37 bits per heavy atom. The first kappa shape index (κ1) is 12.0. The zero-order chi connectivity index (χ0) is 13.4. The summed E-state index contributed by atoms with van der Waals surface area (Å²) in [6.07, 6.45) is 6.02. The monoisotopic (exact) mass is 259 g/mol. The van der Waals surface area contributed by atoms with Gasteiger partial charge in [-0.2, -0.15) is 5.10 Å². The standard InChI is InChI=1S/C13H17N5O/c1-9-11-7-17(5-3-12(11)16-15-9)13(19)10(2)18-6-4-14-8-18/h4,6,8,10H,3,5,7H2,1-2H3,(H,15,16). The van der Waals surface area contributed by atoms with Crippen molar-refractivity contribution in [2.24, 2.45) is 0 Å². The van der Waals surface area contributed by atoms with Gasteiger partial charge in [0.15, 0.2) is 0 Å². The number of rotatable bonds is 2. The second-order valence-corrected chi connectivity index (χ2v) is 4.97. The minimum Gasteiger partial charge on any atom is -0.336 e. The molecule has 1 N–H and O–H groups in total. The van der Waals surface area contributed by atoms with E-state index >= 15 is 0 Å². The van der Waals surface area contributed by atoms with Gasteiger partial charge in [0.25, 0.3) is 0 Å². The molecule has 1 aliphatic rings. The van der Waals surface area contributed by atoms with Crippen molar-refractivity contribution in [1.29, 1.82) is 0 Å². The van der Waals surface area contributed by atoms with Crippen molar-refractivity contribution in [2.75, 3.05) is 6.54 Å². The normalized spacial score (nSPS) is 16.2. The summed E-state index contributed by atoms with van der Waals surface area (Å²) in [5.41, 5.74) is 3.32. The van der Waals surface area contributed by atoms with E-state index in [1.165, 1.54) is 0 Å². The van der Waals surface area contributed by atoms with Crippen LogP contribution in [0.25, 0.3) is 0 Å². The highest BCUT2D eigenvalue weighted by Crippen LogP contribution is 2.22. The Balaban J connectivity index is 1.77. The van der Waals surface area contributed by atoms with Crippen LogP contribution in [0.4, 0.5) is 0 Å². The summed E-state index contributed by atoms with van der Waals surface area (Å²) >= 11 is 0. The molecule has 6 nitrogen and oxygen atoms in total. The van der Waals surface area contributed by atoms with Gasteiger partial charge in [-0.25, -0.2) is 4.98 Å². The molecule has 1 amide bonds. The summed E-state index contributed by atoms with van der Waals surface area (Å²) in [5.74, 6) is 0.129. The van der Waals surface area contributed by atoms with Gasteiger partial charge >= 0.3 is 0 Å². The number of H-pyrrole nitrogens is 1. The summed E-state index contributed by atoms with van der Waals surface area (Å²) in [6.45, 7) is 5.28. The molecule has 0 fully saturated rings. The maximum atomic E-state index is 12.5. The summed E-state index contributed by atoms with van der Waals surface area (Å²) in [7, 11) is 0. The van der Waals surface area contributed by atoms with Crippen LogP contribution < -0.4 is 0 Å². The maximum Gasteiger partial charge on any atom is 0.245 e. The van der Waals surface area contributed by atoms with Gasteiger partial charge in [0.1, 0.15) is 6.04 Å². The van der Waals surface area contributed by atoms with Gasteiger partial charge in [0.2, 0.25) is 5.91 Å². The van der Waals surface area contributed by atoms with Crippen LogP contribution in [0, 0.1) is 6.92 Å². The van der Waals surface area contributed by atoms with Crippen molar-refractivity contribution < 1.29 is 4.79 Å². The van der Waals surface area contributed by atoms with Crippen LogP contribution in [-0.2, 0) is 17.8 Å². The third kappa shape index (κ3) is 2.03. The molecule has 1 atom stereocenters. The molecule has 0 aliphatic carbocycles. The second-order valence-electron chi connectivity index (χ2n) is 4.97. The zero-order valence-corrected chi connectivity index (χ0v) is 11.1. The molecular formula is C13H17N5O. The third-order valence-corrected chi connectivity index (χ3v) is 3.77. The van der Waals surface area contributed by atoms with Crippen molar-refractivity contribution >= 4 is 5.91 Å². The van der Waals surface area contributed by atoms with E-state index in [2.05, 4.69) is 15.2 Å². The Hall–Kier alpha value is -2.11. The van der Waals surface area contributed by atoms with Gasteiger partial charge in [0, 0.05) is 43.2 Å². The van der Waals surface area contributed by atoms with E-state index in [9.17, 15) is 4.79 Å². The van der Waals surface area contributed by atoms with Crippen LogP contribution >= 0.6 is 0 Å². The first-order chi connectivity index (χ1) is 9.16. The molecule has 0 aromatic carbocycles. The number of aromatic nitrogens is 4. The average Bonchev–Trinajstić information content (AvgIpc) is 3.07. The molecule has 0 bridgehead atoms. The number of nitrogens with one attached hydrogen (secondary N) is 1. The average molecular weight is 259 g/mol. The van der Waals surface area contributed by atoms with Crippen LogP contribution in [0.2, 0.25) is 0 Å². The van der Waals surface area contributed by atoms with E-state index in [-0.39, 0.29) is 11.9 Å². The van der Waals surface area contributed by atoms with E-state index in [0.717, 1.165) is 29.9 Å². The van der Waals surface area contributed by atoms with Gasteiger partial charge in [-0.3, -0.25) is 9.89 Å². The summed E-state index contributed by atoms with van der Waals surface area (Å²) < 4.78 is 1.83. The lowest BCUT2D eigenvalue weighted by atomic mass is 10.1. The molecule has 2 aromatic rings. The molecule has 6 heteroatoms. The maximum absolute atomic E-state index is 12.5. The Labute approximate surface area is 111 Å². The minimum absolute atomic E-state index is 0.129. The fourth-order valence-corrected chi connectivity index (χ4v) is 2.51. The molecule has 1 unspecified atom stereocenters. The van der Waals surface area contributed by atoms with Crippen LogP contribution in [0.15, 0.2) is 18.7 Å². The fraction of sp³-hybridized carbons (Fsp3) is 0.462. The smallest absolute Gasteiger partial charge is 0.245 e. The molecular weight excluding hydrogens is 242 g/mol. The molecule has 0 radical (unpaired) electrons. The number of hydrogen-bond acceptors (Lipinski definition) is 3. The topological polar surface area (TPSA) is 66.8 Å². The van der Waals surface area contributed by atoms with Crippen molar-refractivity contribution in [2.45, 2.75) is 32.9 Å². The number of fused-ring (bicyclic) bond motifs is 1. The molecule has 0 saturated carbocycles. The van der Waals surface area contributed by atoms with Gasteiger partial charge in [-0.15, -0.1) is 0 Å². The highest BCUT2D eigenvalue weighted by atomic mass is 16.2. The molecule has 3 heterocycles. The van der Waals surface area contributed by atoms with Crippen molar-refractivity contribution in [3.8, 4) is 0 Å². The van der Waals surface area contributed by atoms with E-state index in [1.807, 2.05) is 29.5 Å². The van der Waals surface area contributed by atoms with Gasteiger partial charge < -0.3 is 9.47 Å². The number of aromatic amines is 1. The predicted molar refractivity (Wildman–Crippen MR) is 69.4 cm³/mol. The fourth-order valence-electron chi connectivity index (χ4n) is 2.51. The molecule has 2 aromatic heterocycles. The van der Waals surface area contributed by atoms with E-state index in [0.29, 0.717) is 6.54 Å². The van der Waals surface area contributed by atoms with Crippen molar-refractivity contribution in [3.63, 3.8) is 0 Å². The lowest BCUT2D eigenvalue weighted by molar-refractivity contribution is -0.135. The number of carbonyl (C=O) groups excluding carboxylic acids is 1. The summed E-state index contributed by atoms with van der Waals surface area (Å²) in [5, 5.41) is 7.26. The molecule has 3 rings (SSSR count). The molecule has 0 spiro atoms. The Bertz CT molecular complexity index is 586. The molecule has 1 aliphatic heterocycles. The Morgan fingerprint density at radius 3 is 3.11 bits per heavy atom. The summed E-state index contributed by atoms with van der Waals surface area (Å²) in [6, 6.07) is -0.212. The number of amides is 1. The first-order valence-corrected chi connectivity index (χ1v) is 6.45. The first-order valence-electron chi connectivity index (χ1n) is 6.45. The lowest BCUT2D eigenvalue weighted by Crippen LogP contribution is -2.39. The van der Waals surface area contributed by atoms with Crippen LogP contribution in [-0.4, -0.2) is 37.1 Å². The molecule has 100 valence electrons. The zero-order valence-electron chi connectivity index (χ0n) is 11.1. The number of carbonyl (C=O) groups is 1. The SMILES string of the molecule is Cc1[nH]nc2c1CN(C(=O)C(C)n1ccnc1)CC2. The number of hydrogen-bond donors (Lipinski definition) is 1. The molecule has 19 heavy (non-hydrogen) atoms.